The Bertz CT molecular complexity index is 3310. The second-order valence-corrected chi connectivity index (χ2v) is 8.99. The molecule has 0 radical (unpaired) electrons. The van der Waals surface area contributed by atoms with E-state index >= 15 is 0 Å². The van der Waals surface area contributed by atoms with Crippen LogP contribution in [0.5, 0.6) is 11.5 Å². The number of ether oxygens (including phenoxy) is 2. The third kappa shape index (κ3) is 24.5. The molecule has 0 saturated heterocycles. The molecule has 0 atom stereocenters. The maximum absolute atomic E-state index is 10.8. The first-order chi connectivity index (χ1) is 29.7. The van der Waals surface area contributed by atoms with E-state index in [2.05, 4.69) is 249 Å². The number of aliphatic hydroxyl groups is 1. The van der Waals surface area contributed by atoms with Crippen LogP contribution in [0.3, 0.4) is 0 Å². The zero-order chi connectivity index (χ0) is 42.7. The van der Waals surface area contributed by atoms with Crippen LogP contribution in [-0.4, -0.2) is 5.11 Å². The van der Waals surface area contributed by atoms with Gasteiger partial charge in [0.2, 0.25) is 0 Å². The molecule has 0 fully saturated rings. The zero-order valence-electron chi connectivity index (χ0n) is 30.6. The van der Waals surface area contributed by atoms with E-state index in [0.717, 1.165) is 0 Å². The Morgan fingerprint density at radius 2 is 0.483 bits per heavy atom. The van der Waals surface area contributed by atoms with Crippen molar-refractivity contribution in [1.29, 1.82) is 0 Å². The van der Waals surface area contributed by atoms with Crippen molar-refractivity contribution < 1.29 is 77.4 Å². The monoisotopic (exact) mass is 833 g/mol. The standard InChI is InChI=1S/C57H12O3.44H2/c1-3-5-7-9-11-13-15-17-19-21-23-25-27-29-31-33-35-37-39-41-51-59-55-47-43-53(44-48-55)57(58)54-45-49-56(50-46-54)60-52-42-40-38-36-34-32-30-28-26-24-22-20-18-16-14-12-10-8-6-4-2;;;;;;;;;;;;;;;;;;;;;;;;;;;;;;;;;;;;;;;;;;;;/h1-2,43-50,57-58H;44*1H. The maximum atomic E-state index is 10.8. The van der Waals surface area contributed by atoms with E-state index in [1.165, 1.54) is 0 Å². The number of aliphatic hydroxyl groups excluding tert-OH is 1. The quantitative estimate of drug-likeness (QED) is 0.312. The van der Waals surface area contributed by atoms with E-state index < -0.39 is 6.10 Å². The van der Waals surface area contributed by atoms with Crippen molar-refractivity contribution >= 4 is 0 Å². The Kier molecular flexibility index (Phi) is 24.6. The van der Waals surface area contributed by atoms with Gasteiger partial charge in [-0.25, -0.2) is 0 Å². The van der Waals surface area contributed by atoms with Crippen LogP contribution in [0.1, 0.15) is 80.0 Å². The molecule has 2 aromatic carbocycles. The Labute approximate surface area is 417 Å². The fourth-order valence-corrected chi connectivity index (χ4v) is 2.98. The molecule has 2 rings (SSSR count). The van der Waals surface area contributed by atoms with Crippen LogP contribution in [-0.2, 0) is 0 Å². The second kappa shape index (κ2) is 33.2. The van der Waals surface area contributed by atoms with Crippen LogP contribution in [0.15, 0.2) is 48.5 Å². The van der Waals surface area contributed by atoms with E-state index in [9.17, 15) is 5.11 Å². The molecule has 3 heteroatoms. The first-order valence-corrected chi connectivity index (χ1v) is 15.9. The minimum atomic E-state index is -0.890. The minimum absolute atomic E-state index is 0. The predicted octanol–water partition coefficient (Wildman–Crippen LogP) is 13.6. The van der Waals surface area contributed by atoms with Crippen molar-refractivity contribution in [3.05, 3.63) is 59.7 Å². The van der Waals surface area contributed by atoms with Gasteiger partial charge in [-0.1, -0.05) is 24.3 Å². The van der Waals surface area contributed by atoms with Crippen molar-refractivity contribution in [2.75, 3.05) is 0 Å². The summed E-state index contributed by atoms with van der Waals surface area (Å²) in [6.07, 6.45) is 14.0. The summed E-state index contributed by atoms with van der Waals surface area (Å²) >= 11 is 0. The van der Waals surface area contributed by atoms with Gasteiger partial charge < -0.3 is 14.6 Å². The van der Waals surface area contributed by atoms with Gasteiger partial charge in [-0.3, -0.25) is 0 Å². The summed E-state index contributed by atoms with van der Waals surface area (Å²) in [4.78, 5) is 0. The van der Waals surface area contributed by atoms with Crippen LogP contribution in [0.2, 0.25) is 0 Å². The summed E-state index contributed by atoms with van der Waals surface area (Å²) in [5, 5.41) is 10.8. The summed E-state index contributed by atoms with van der Waals surface area (Å²) in [5.41, 5.74) is 1.28. The van der Waals surface area contributed by atoms with Gasteiger partial charge in [0.25, 0.3) is 0 Å². The van der Waals surface area contributed by atoms with Gasteiger partial charge in [-0.05, 0) is 130 Å². The molecular weight excluding hydrogens is 733 g/mol. The van der Waals surface area contributed by atoms with Crippen LogP contribution in [0.4, 0.5) is 0 Å². The van der Waals surface area contributed by atoms with Crippen molar-refractivity contribution in [3.63, 3.8) is 0 Å². The van der Waals surface area contributed by atoms with E-state index in [1.807, 2.05) is 0 Å². The molecule has 1 N–H and O–H groups in total. The Balaban J connectivity index is -0.0000000206. The Hall–Kier alpha value is -11.7. The lowest BCUT2D eigenvalue weighted by atomic mass is 10.0. The highest BCUT2D eigenvalue weighted by Crippen LogP contribution is 2.25. The van der Waals surface area contributed by atoms with Crippen LogP contribution in [0, 0.1) is 262 Å². The molecule has 0 bridgehead atoms. The normalized spacial score (nSPS) is 5.87. The second-order valence-electron chi connectivity index (χ2n) is 8.99. The molecular formula is C57H100O3. The van der Waals surface area contributed by atoms with Gasteiger partial charge in [-0.15, -0.1) is 12.8 Å². The summed E-state index contributed by atoms with van der Waals surface area (Å²) in [6.45, 7) is 0. The van der Waals surface area contributed by atoms with Crippen molar-refractivity contribution in [2.45, 2.75) is 6.10 Å². The molecule has 0 amide bonds. The maximum Gasteiger partial charge on any atom is 0.140 e. The van der Waals surface area contributed by atoms with E-state index in [4.69, 9.17) is 22.3 Å². The van der Waals surface area contributed by atoms with Gasteiger partial charge in [0.05, 0.1) is 0 Å². The fourth-order valence-electron chi connectivity index (χ4n) is 2.98. The van der Waals surface area contributed by atoms with Gasteiger partial charge in [0, 0.05) is 205 Å². The predicted molar refractivity (Wildman–Crippen MR) is 324 cm³/mol. The number of hydrogen-bond acceptors (Lipinski definition) is 3. The molecule has 60 heavy (non-hydrogen) atoms. The van der Waals surface area contributed by atoms with Crippen LogP contribution < -0.4 is 9.47 Å². The SMILES string of the molecule is C#CC#CC#CC#CC#CC#CC#CC#CC#CC#CC#COc1ccc(C(O)c2ccc(OC#CC#CC#CC#CC#CC#CC#CC#CC#CC#CC#C)cc2)cc1.[HH].[HH].[HH].[HH].[HH].[HH].[HH].[HH].[HH].[HH].[HH].[HH].[HH].[HH].[HH].[HH].[HH].[HH].[HH].[HH].[HH].[HH].[HH].[HH].[HH].[HH].[HH].[HH].[HH].[HH].[HH].[HH].[HH].[HH].[HH].[HH].[HH].[HH].[HH].[HH].[HH].[HH].[HH].[HH]. The lowest BCUT2D eigenvalue weighted by Crippen LogP contribution is -1.99. The smallest absolute Gasteiger partial charge is 0.140 e. The molecule has 0 aromatic heterocycles. The molecule has 0 heterocycles. The topological polar surface area (TPSA) is 38.7 Å². The molecule has 0 saturated carbocycles. The molecule has 0 aliphatic carbocycles. The number of terminal acetylenes is 2. The minimum Gasteiger partial charge on any atom is -0.407 e. The van der Waals surface area contributed by atoms with Crippen molar-refractivity contribution in [2.24, 2.45) is 0 Å². The third-order valence-electron chi connectivity index (χ3n) is 5.23. The summed E-state index contributed by atoms with van der Waals surface area (Å²) in [5.74, 6) is 99.7. The average Bonchev–Trinajstić information content (AvgIpc) is 3.27. The molecule has 346 valence electrons. The van der Waals surface area contributed by atoms with Gasteiger partial charge >= 0.3 is 0 Å². The first-order valence-electron chi connectivity index (χ1n) is 15.9. The average molecular weight is 833 g/mol. The third-order valence-corrected chi connectivity index (χ3v) is 5.23. The molecule has 0 aliphatic heterocycles. The zero-order valence-corrected chi connectivity index (χ0v) is 30.6. The molecule has 0 aliphatic rings. The number of hydrogen-bond donors (Lipinski definition) is 1. The lowest BCUT2D eigenvalue weighted by molar-refractivity contribution is 0.220. The van der Waals surface area contributed by atoms with E-state index in [0.29, 0.717) is 22.6 Å². The fraction of sp³-hybridized carbons (Fsp3) is 0.0175. The number of benzene rings is 2. The van der Waals surface area contributed by atoms with Gasteiger partial charge in [0.1, 0.15) is 29.8 Å². The highest BCUT2D eigenvalue weighted by Gasteiger charge is 2.10. The van der Waals surface area contributed by atoms with Crippen LogP contribution in [0.25, 0.3) is 0 Å². The number of rotatable bonds is 4. The summed E-state index contributed by atoms with van der Waals surface area (Å²) in [6, 6.07) is 13.6. The van der Waals surface area contributed by atoms with Crippen LogP contribution >= 0.6 is 0 Å². The highest BCUT2D eigenvalue weighted by molar-refractivity contribution is 5.49. The summed E-state index contributed by atoms with van der Waals surface area (Å²) in [7, 11) is 0. The first kappa shape index (κ1) is 44.5. The van der Waals surface area contributed by atoms with Gasteiger partial charge in [-0.2, -0.15) is 0 Å². The van der Waals surface area contributed by atoms with Crippen molar-refractivity contribution in [1.82, 2.24) is 0 Å². The van der Waals surface area contributed by atoms with E-state index in [1.54, 1.807) is 48.5 Å². The Morgan fingerprint density at radius 3 is 0.683 bits per heavy atom. The Morgan fingerprint density at radius 1 is 0.300 bits per heavy atom. The lowest BCUT2D eigenvalue weighted by Gasteiger charge is -2.12. The molecule has 0 unspecified atom stereocenters. The van der Waals surface area contributed by atoms with E-state index in [-0.39, 0.29) is 62.8 Å². The summed E-state index contributed by atoms with van der Waals surface area (Å²) < 4.78 is 10.7. The van der Waals surface area contributed by atoms with Crippen molar-refractivity contribution in [3.8, 4) is 273 Å². The molecule has 2 aromatic rings. The molecule has 0 spiro atoms. The van der Waals surface area contributed by atoms with Gasteiger partial charge in [0.15, 0.2) is 0 Å². The highest BCUT2D eigenvalue weighted by atomic mass is 16.5. The largest absolute Gasteiger partial charge is 0.407 e. The molecule has 3 nitrogen and oxygen atoms in total.